The van der Waals surface area contributed by atoms with Gasteiger partial charge in [-0.05, 0) is 42.2 Å². The fraction of sp³-hybridized carbons (Fsp3) is 0.316. The highest BCUT2D eigenvalue weighted by Gasteiger charge is 2.19. The molecule has 0 unspecified atom stereocenters. The Morgan fingerprint density at radius 1 is 1.21 bits per heavy atom. The third-order valence-electron chi connectivity index (χ3n) is 3.51. The average Bonchev–Trinajstić information content (AvgIpc) is 2.48. The number of halogens is 2. The van der Waals surface area contributed by atoms with Crippen molar-refractivity contribution in [3.63, 3.8) is 0 Å². The maximum atomic E-state index is 12.1. The molecule has 0 saturated heterocycles. The van der Waals surface area contributed by atoms with Gasteiger partial charge in [0, 0.05) is 4.47 Å². The van der Waals surface area contributed by atoms with E-state index < -0.39 is 0 Å². The number of nitrogens with one attached hydrogen (secondary N) is 1. The van der Waals surface area contributed by atoms with Gasteiger partial charge in [0.05, 0.1) is 10.7 Å². The Morgan fingerprint density at radius 2 is 1.92 bits per heavy atom. The predicted octanol–water partition coefficient (Wildman–Crippen LogP) is 5.73. The minimum absolute atomic E-state index is 0.0627. The molecule has 0 spiro atoms. The van der Waals surface area contributed by atoms with Crippen LogP contribution in [0.25, 0.3) is 0 Å². The third-order valence-corrected chi connectivity index (χ3v) is 4.31. The zero-order valence-electron chi connectivity index (χ0n) is 14.2. The molecule has 0 bridgehead atoms. The molecule has 0 radical (unpaired) electrons. The molecule has 5 heteroatoms. The Morgan fingerprint density at radius 3 is 2.54 bits per heavy atom. The monoisotopic (exact) mass is 409 g/mol. The molecule has 0 heterocycles. The number of hydrogen-bond donors (Lipinski definition) is 1. The lowest BCUT2D eigenvalue weighted by molar-refractivity contribution is -0.118. The van der Waals surface area contributed by atoms with Crippen LogP contribution in [0.4, 0.5) is 5.69 Å². The first kappa shape index (κ1) is 18.8. The van der Waals surface area contributed by atoms with Gasteiger partial charge in [-0.1, -0.05) is 66.0 Å². The standard InChI is InChI=1S/C19H21BrClNO2/c1-12-5-8-17(14(9-12)19(2,3)4)24-11-18(23)22-16-7-6-13(20)10-15(16)21/h5-10H,11H2,1-4H3,(H,22,23). The van der Waals surface area contributed by atoms with E-state index in [0.717, 1.165) is 15.8 Å². The molecule has 0 aromatic heterocycles. The number of amides is 1. The topological polar surface area (TPSA) is 38.3 Å². The van der Waals surface area contributed by atoms with Gasteiger partial charge in [-0.2, -0.15) is 0 Å². The van der Waals surface area contributed by atoms with E-state index in [2.05, 4.69) is 48.1 Å². The maximum absolute atomic E-state index is 12.1. The molecule has 0 fully saturated rings. The summed E-state index contributed by atoms with van der Waals surface area (Å²) in [5.41, 5.74) is 2.75. The lowest BCUT2D eigenvalue weighted by Crippen LogP contribution is -2.22. The first-order chi connectivity index (χ1) is 11.2. The lowest BCUT2D eigenvalue weighted by atomic mass is 9.85. The molecule has 2 aromatic rings. The maximum Gasteiger partial charge on any atom is 0.262 e. The molecular formula is C19H21BrClNO2. The SMILES string of the molecule is Cc1ccc(OCC(=O)Nc2ccc(Br)cc2Cl)c(C(C)(C)C)c1. The summed E-state index contributed by atoms with van der Waals surface area (Å²) in [6.07, 6.45) is 0. The van der Waals surface area contributed by atoms with Gasteiger partial charge in [-0.15, -0.1) is 0 Å². The summed E-state index contributed by atoms with van der Waals surface area (Å²) >= 11 is 9.44. The smallest absolute Gasteiger partial charge is 0.262 e. The van der Waals surface area contributed by atoms with Crippen molar-refractivity contribution in [2.75, 3.05) is 11.9 Å². The van der Waals surface area contributed by atoms with Crippen molar-refractivity contribution in [2.45, 2.75) is 33.1 Å². The van der Waals surface area contributed by atoms with E-state index in [4.69, 9.17) is 16.3 Å². The zero-order chi connectivity index (χ0) is 17.9. The van der Waals surface area contributed by atoms with Crippen molar-refractivity contribution in [1.82, 2.24) is 0 Å². The quantitative estimate of drug-likeness (QED) is 0.699. The predicted molar refractivity (Wildman–Crippen MR) is 103 cm³/mol. The highest BCUT2D eigenvalue weighted by molar-refractivity contribution is 9.10. The second kappa shape index (κ2) is 7.58. The van der Waals surface area contributed by atoms with Gasteiger partial charge >= 0.3 is 0 Å². The molecular weight excluding hydrogens is 390 g/mol. The van der Waals surface area contributed by atoms with Crippen LogP contribution in [0.2, 0.25) is 5.02 Å². The van der Waals surface area contributed by atoms with Gasteiger partial charge in [0.25, 0.3) is 5.91 Å². The number of benzene rings is 2. The van der Waals surface area contributed by atoms with Crippen molar-refractivity contribution in [3.05, 3.63) is 57.0 Å². The van der Waals surface area contributed by atoms with Crippen LogP contribution >= 0.6 is 27.5 Å². The number of rotatable bonds is 4. The summed E-state index contributed by atoms with van der Waals surface area (Å²) < 4.78 is 6.61. The van der Waals surface area contributed by atoms with E-state index >= 15 is 0 Å². The van der Waals surface area contributed by atoms with Crippen LogP contribution in [0.5, 0.6) is 5.75 Å². The molecule has 24 heavy (non-hydrogen) atoms. The summed E-state index contributed by atoms with van der Waals surface area (Å²) in [6.45, 7) is 8.34. The fourth-order valence-corrected chi connectivity index (χ4v) is 3.00. The van der Waals surface area contributed by atoms with Gasteiger partial charge in [-0.3, -0.25) is 4.79 Å². The molecule has 0 saturated carbocycles. The van der Waals surface area contributed by atoms with Gasteiger partial charge < -0.3 is 10.1 Å². The van der Waals surface area contributed by atoms with Crippen molar-refractivity contribution in [3.8, 4) is 5.75 Å². The molecule has 0 aliphatic heterocycles. The molecule has 2 aromatic carbocycles. The van der Waals surface area contributed by atoms with Gasteiger partial charge in [0.1, 0.15) is 5.75 Å². The molecule has 1 N–H and O–H groups in total. The average molecular weight is 411 g/mol. The fourth-order valence-electron chi connectivity index (χ4n) is 2.28. The number of carbonyl (C=O) groups is 1. The van der Waals surface area contributed by atoms with E-state index in [1.165, 1.54) is 5.56 Å². The number of anilines is 1. The first-order valence-electron chi connectivity index (χ1n) is 7.65. The molecule has 2 rings (SSSR count). The number of hydrogen-bond acceptors (Lipinski definition) is 2. The second-order valence-corrected chi connectivity index (χ2v) is 8.03. The molecule has 0 atom stereocenters. The van der Waals surface area contributed by atoms with Crippen molar-refractivity contribution < 1.29 is 9.53 Å². The van der Waals surface area contributed by atoms with Crippen molar-refractivity contribution >= 4 is 39.1 Å². The molecule has 0 aliphatic carbocycles. The number of carbonyl (C=O) groups excluding carboxylic acids is 1. The Kier molecular flexibility index (Phi) is 5.94. The van der Waals surface area contributed by atoms with Crippen molar-refractivity contribution in [1.29, 1.82) is 0 Å². The molecule has 1 amide bonds. The van der Waals surface area contributed by atoms with Crippen LogP contribution in [0.3, 0.4) is 0 Å². The van der Waals surface area contributed by atoms with Crippen LogP contribution in [-0.4, -0.2) is 12.5 Å². The van der Waals surface area contributed by atoms with Crippen LogP contribution in [0.15, 0.2) is 40.9 Å². The second-order valence-electron chi connectivity index (χ2n) is 6.71. The molecule has 0 aliphatic rings. The van der Waals surface area contributed by atoms with Crippen molar-refractivity contribution in [2.24, 2.45) is 0 Å². The Hall–Kier alpha value is -1.52. The largest absolute Gasteiger partial charge is 0.483 e. The molecule has 128 valence electrons. The van der Waals surface area contributed by atoms with E-state index in [0.29, 0.717) is 10.7 Å². The first-order valence-corrected chi connectivity index (χ1v) is 8.83. The van der Waals surface area contributed by atoms with Gasteiger partial charge in [0.15, 0.2) is 6.61 Å². The highest BCUT2D eigenvalue weighted by Crippen LogP contribution is 2.32. The van der Waals surface area contributed by atoms with Crippen LogP contribution in [-0.2, 0) is 10.2 Å². The highest BCUT2D eigenvalue weighted by atomic mass is 79.9. The number of ether oxygens (including phenoxy) is 1. The van der Waals surface area contributed by atoms with Gasteiger partial charge in [0.2, 0.25) is 0 Å². The minimum Gasteiger partial charge on any atom is -0.483 e. The molecule has 3 nitrogen and oxygen atoms in total. The third kappa shape index (κ3) is 4.99. The number of aryl methyl sites for hydroxylation is 1. The Balaban J connectivity index is 2.07. The Bertz CT molecular complexity index is 754. The van der Waals surface area contributed by atoms with Gasteiger partial charge in [-0.25, -0.2) is 0 Å². The van der Waals surface area contributed by atoms with E-state index in [1.807, 2.05) is 25.1 Å². The summed E-state index contributed by atoms with van der Waals surface area (Å²) in [5, 5.41) is 3.24. The summed E-state index contributed by atoms with van der Waals surface area (Å²) in [4.78, 5) is 12.1. The summed E-state index contributed by atoms with van der Waals surface area (Å²) in [7, 11) is 0. The minimum atomic E-state index is -0.250. The van der Waals surface area contributed by atoms with E-state index in [9.17, 15) is 4.79 Å². The lowest BCUT2D eigenvalue weighted by Gasteiger charge is -2.23. The summed E-state index contributed by atoms with van der Waals surface area (Å²) in [5.74, 6) is 0.477. The summed E-state index contributed by atoms with van der Waals surface area (Å²) in [6, 6.07) is 11.3. The zero-order valence-corrected chi connectivity index (χ0v) is 16.6. The van der Waals surface area contributed by atoms with Crippen LogP contribution in [0, 0.1) is 6.92 Å². The normalized spacial score (nSPS) is 11.2. The Labute approximate surface area is 156 Å². The van der Waals surface area contributed by atoms with E-state index in [-0.39, 0.29) is 17.9 Å². The van der Waals surface area contributed by atoms with Crippen LogP contribution < -0.4 is 10.1 Å². The van der Waals surface area contributed by atoms with E-state index in [1.54, 1.807) is 12.1 Å². The van der Waals surface area contributed by atoms with Crippen LogP contribution in [0.1, 0.15) is 31.9 Å².